The van der Waals surface area contributed by atoms with Crippen LogP contribution in [0.25, 0.3) is 0 Å². The number of oxazole rings is 1. The molecule has 2 heterocycles. The standard InChI is InChI=1S/C9H11NO5S/c11-9(12)7-4-10-8(15-7)3-6-1-2-16(13,14)5-6/h4,6H,1-3,5H2,(H,11,12). The zero-order chi connectivity index (χ0) is 11.8. The van der Waals surface area contributed by atoms with E-state index in [-0.39, 0.29) is 23.2 Å². The Balaban J connectivity index is 2.02. The average Bonchev–Trinajstić information content (AvgIpc) is 2.73. The molecule has 0 bridgehead atoms. The number of sulfone groups is 1. The molecule has 1 aliphatic heterocycles. The minimum absolute atomic E-state index is 0.00899. The second-order valence-electron chi connectivity index (χ2n) is 3.90. The fraction of sp³-hybridized carbons (Fsp3) is 0.556. The van der Waals surface area contributed by atoms with Crippen molar-refractivity contribution in [2.75, 3.05) is 11.5 Å². The van der Waals surface area contributed by atoms with Crippen LogP contribution in [-0.2, 0) is 16.3 Å². The van der Waals surface area contributed by atoms with Crippen LogP contribution >= 0.6 is 0 Å². The molecule has 0 aliphatic carbocycles. The third kappa shape index (κ3) is 2.41. The van der Waals surface area contributed by atoms with Crippen molar-refractivity contribution in [3.8, 4) is 0 Å². The molecular weight excluding hydrogens is 234 g/mol. The lowest BCUT2D eigenvalue weighted by molar-refractivity contribution is 0.0660. The van der Waals surface area contributed by atoms with E-state index in [9.17, 15) is 13.2 Å². The quantitative estimate of drug-likeness (QED) is 0.825. The lowest BCUT2D eigenvalue weighted by Gasteiger charge is -2.02. The number of aromatic carboxylic acids is 1. The summed E-state index contributed by atoms with van der Waals surface area (Å²) >= 11 is 0. The van der Waals surface area contributed by atoms with E-state index in [1.165, 1.54) is 0 Å². The second-order valence-corrected chi connectivity index (χ2v) is 6.13. The summed E-state index contributed by atoms with van der Waals surface area (Å²) in [6.45, 7) is 0. The molecule has 1 aromatic rings. The Morgan fingerprint density at radius 2 is 2.38 bits per heavy atom. The van der Waals surface area contributed by atoms with E-state index in [0.717, 1.165) is 6.20 Å². The Bertz CT molecular complexity index is 504. The number of carbonyl (C=O) groups is 1. The van der Waals surface area contributed by atoms with E-state index >= 15 is 0 Å². The van der Waals surface area contributed by atoms with Gasteiger partial charge < -0.3 is 9.52 Å². The first-order valence-electron chi connectivity index (χ1n) is 4.85. The van der Waals surface area contributed by atoms with Gasteiger partial charge in [0.05, 0.1) is 17.7 Å². The summed E-state index contributed by atoms with van der Waals surface area (Å²) in [5.74, 6) is -0.763. The summed E-state index contributed by atoms with van der Waals surface area (Å²) in [4.78, 5) is 14.3. The molecule has 0 saturated carbocycles. The molecule has 88 valence electrons. The molecule has 0 radical (unpaired) electrons. The predicted octanol–water partition coefficient (Wildman–Crippen LogP) is 0.350. The Morgan fingerprint density at radius 1 is 1.62 bits per heavy atom. The van der Waals surface area contributed by atoms with Gasteiger partial charge in [-0.3, -0.25) is 0 Å². The first-order chi connectivity index (χ1) is 7.46. The van der Waals surface area contributed by atoms with E-state index in [1.54, 1.807) is 0 Å². The first-order valence-corrected chi connectivity index (χ1v) is 6.67. The number of aromatic nitrogens is 1. The smallest absolute Gasteiger partial charge is 0.373 e. The Labute approximate surface area is 92.2 Å². The van der Waals surface area contributed by atoms with Gasteiger partial charge >= 0.3 is 5.97 Å². The molecule has 0 aromatic carbocycles. The van der Waals surface area contributed by atoms with Crippen LogP contribution in [0.15, 0.2) is 10.6 Å². The molecule has 1 aliphatic rings. The number of carboxylic acid groups (broad SMARTS) is 1. The van der Waals surface area contributed by atoms with E-state index in [1.807, 2.05) is 0 Å². The van der Waals surface area contributed by atoms with E-state index in [0.29, 0.717) is 18.7 Å². The van der Waals surface area contributed by atoms with Crippen LogP contribution in [-0.4, -0.2) is 36.0 Å². The largest absolute Gasteiger partial charge is 0.475 e. The van der Waals surface area contributed by atoms with Crippen molar-refractivity contribution in [2.45, 2.75) is 12.8 Å². The lowest BCUT2D eigenvalue weighted by atomic mass is 10.1. The Kier molecular flexibility index (Phi) is 2.71. The van der Waals surface area contributed by atoms with Crippen molar-refractivity contribution in [1.82, 2.24) is 4.98 Å². The average molecular weight is 245 g/mol. The Morgan fingerprint density at radius 3 is 2.88 bits per heavy atom. The van der Waals surface area contributed by atoms with Gasteiger partial charge in [-0.05, 0) is 12.3 Å². The van der Waals surface area contributed by atoms with Gasteiger partial charge in [-0.15, -0.1) is 0 Å². The summed E-state index contributed by atoms with van der Waals surface area (Å²) < 4.78 is 27.4. The van der Waals surface area contributed by atoms with Crippen molar-refractivity contribution in [1.29, 1.82) is 0 Å². The molecule has 1 aromatic heterocycles. The molecule has 2 rings (SSSR count). The van der Waals surface area contributed by atoms with Crippen molar-refractivity contribution < 1.29 is 22.7 Å². The predicted molar refractivity (Wildman–Crippen MR) is 53.9 cm³/mol. The summed E-state index contributed by atoms with van der Waals surface area (Å²) in [7, 11) is -2.91. The monoisotopic (exact) mass is 245 g/mol. The fourth-order valence-electron chi connectivity index (χ4n) is 1.78. The van der Waals surface area contributed by atoms with Gasteiger partial charge in [-0.1, -0.05) is 0 Å². The molecule has 1 unspecified atom stereocenters. The highest BCUT2D eigenvalue weighted by Gasteiger charge is 2.29. The molecule has 6 nitrogen and oxygen atoms in total. The number of rotatable bonds is 3. The zero-order valence-corrected chi connectivity index (χ0v) is 9.24. The summed E-state index contributed by atoms with van der Waals surface area (Å²) in [5.41, 5.74) is 0. The minimum atomic E-state index is -2.91. The second kappa shape index (κ2) is 3.89. The van der Waals surface area contributed by atoms with Gasteiger partial charge in [0.25, 0.3) is 0 Å². The maximum absolute atomic E-state index is 11.2. The zero-order valence-electron chi connectivity index (χ0n) is 8.42. The van der Waals surface area contributed by atoms with Crippen LogP contribution in [0, 0.1) is 5.92 Å². The molecule has 0 amide bonds. The number of hydrogen-bond acceptors (Lipinski definition) is 5. The van der Waals surface area contributed by atoms with Crippen molar-refractivity contribution in [3.63, 3.8) is 0 Å². The van der Waals surface area contributed by atoms with Crippen LogP contribution in [0.5, 0.6) is 0 Å². The molecular formula is C9H11NO5S. The van der Waals surface area contributed by atoms with E-state index in [2.05, 4.69) is 4.98 Å². The third-order valence-electron chi connectivity index (χ3n) is 2.55. The van der Waals surface area contributed by atoms with Crippen molar-refractivity contribution >= 4 is 15.8 Å². The summed E-state index contributed by atoms with van der Waals surface area (Å²) in [6, 6.07) is 0. The maximum Gasteiger partial charge on any atom is 0.373 e. The molecule has 16 heavy (non-hydrogen) atoms. The van der Waals surface area contributed by atoms with Gasteiger partial charge in [-0.2, -0.15) is 0 Å². The minimum Gasteiger partial charge on any atom is -0.475 e. The normalized spacial score (nSPS) is 23.4. The highest BCUT2D eigenvalue weighted by molar-refractivity contribution is 7.91. The van der Waals surface area contributed by atoms with Gasteiger partial charge in [0.1, 0.15) is 0 Å². The molecule has 1 fully saturated rings. The highest BCUT2D eigenvalue weighted by atomic mass is 32.2. The van der Waals surface area contributed by atoms with E-state index in [4.69, 9.17) is 9.52 Å². The van der Waals surface area contributed by atoms with E-state index < -0.39 is 15.8 Å². The Hall–Kier alpha value is -1.37. The van der Waals surface area contributed by atoms with Crippen LogP contribution < -0.4 is 0 Å². The molecule has 0 spiro atoms. The van der Waals surface area contributed by atoms with Gasteiger partial charge in [0.2, 0.25) is 5.76 Å². The van der Waals surface area contributed by atoms with Gasteiger partial charge in [0.15, 0.2) is 15.7 Å². The summed E-state index contributed by atoms with van der Waals surface area (Å²) in [5, 5.41) is 8.61. The van der Waals surface area contributed by atoms with Crippen molar-refractivity contribution in [3.05, 3.63) is 17.8 Å². The van der Waals surface area contributed by atoms with Crippen LogP contribution in [0.2, 0.25) is 0 Å². The topological polar surface area (TPSA) is 97.5 Å². The number of hydrogen-bond donors (Lipinski definition) is 1. The van der Waals surface area contributed by atoms with Crippen LogP contribution in [0.4, 0.5) is 0 Å². The maximum atomic E-state index is 11.2. The molecule has 1 N–H and O–H groups in total. The lowest BCUT2D eigenvalue weighted by Crippen LogP contribution is -2.07. The van der Waals surface area contributed by atoms with Crippen LogP contribution in [0.1, 0.15) is 22.9 Å². The van der Waals surface area contributed by atoms with Gasteiger partial charge in [-0.25, -0.2) is 18.2 Å². The highest BCUT2D eigenvalue weighted by Crippen LogP contribution is 2.22. The van der Waals surface area contributed by atoms with Gasteiger partial charge in [0, 0.05) is 6.42 Å². The number of nitrogens with zero attached hydrogens (tertiary/aromatic N) is 1. The molecule has 1 atom stereocenters. The summed E-state index contributed by atoms with van der Waals surface area (Å²) in [6.07, 6.45) is 2.11. The number of carboxylic acids is 1. The van der Waals surface area contributed by atoms with Crippen LogP contribution in [0.3, 0.4) is 0 Å². The fourth-order valence-corrected chi connectivity index (χ4v) is 3.65. The molecule has 7 heteroatoms. The first kappa shape index (κ1) is 11.1. The molecule has 1 saturated heterocycles. The SMILES string of the molecule is O=C(O)c1cnc(CC2CCS(=O)(=O)C2)o1. The third-order valence-corrected chi connectivity index (χ3v) is 4.39. The van der Waals surface area contributed by atoms with Crippen molar-refractivity contribution in [2.24, 2.45) is 5.92 Å².